The van der Waals surface area contributed by atoms with Crippen LogP contribution in [0.15, 0.2) is 17.5 Å². The van der Waals surface area contributed by atoms with Crippen LogP contribution >= 0.6 is 11.3 Å². The van der Waals surface area contributed by atoms with Gasteiger partial charge in [-0.25, -0.2) is 4.79 Å². The van der Waals surface area contributed by atoms with Crippen LogP contribution in [0, 0.1) is 5.92 Å². The van der Waals surface area contributed by atoms with Gasteiger partial charge in [0.05, 0.1) is 13.0 Å². The summed E-state index contributed by atoms with van der Waals surface area (Å²) < 4.78 is 0. The summed E-state index contributed by atoms with van der Waals surface area (Å²) in [5, 5.41) is 13.8. The lowest BCUT2D eigenvalue weighted by Gasteiger charge is -2.24. The van der Waals surface area contributed by atoms with E-state index in [1.807, 2.05) is 24.4 Å². The maximum atomic E-state index is 12.3. The summed E-state index contributed by atoms with van der Waals surface area (Å²) in [5.41, 5.74) is 0. The normalized spacial score (nSPS) is 15.7. The van der Waals surface area contributed by atoms with Gasteiger partial charge in [0.1, 0.15) is 0 Å². The van der Waals surface area contributed by atoms with Gasteiger partial charge in [-0.2, -0.15) is 0 Å². The van der Waals surface area contributed by atoms with Crippen molar-refractivity contribution in [1.82, 2.24) is 10.2 Å². The Hall–Kier alpha value is -1.56. The molecular formula is C14H20N2O3S. The third-order valence-corrected chi connectivity index (χ3v) is 4.35. The zero-order chi connectivity index (χ0) is 14.5. The van der Waals surface area contributed by atoms with Crippen LogP contribution in [0.1, 0.15) is 31.1 Å². The van der Waals surface area contributed by atoms with E-state index in [9.17, 15) is 9.59 Å². The minimum Gasteiger partial charge on any atom is -0.481 e. The lowest BCUT2D eigenvalue weighted by atomic mass is 10.1. The standard InChI is InChI=1S/C14H20N2O3S/c1-2-16(9-11-4-3-7-20-11)14(19)15-12(8-13(17)18)10-5-6-10/h3-4,7,10,12H,2,5-6,8-9H2,1H3,(H,15,19)(H,17,18). The van der Waals surface area contributed by atoms with E-state index in [0.717, 1.165) is 17.7 Å². The van der Waals surface area contributed by atoms with E-state index in [1.165, 1.54) is 0 Å². The molecule has 0 aliphatic heterocycles. The third-order valence-electron chi connectivity index (χ3n) is 3.49. The number of carbonyl (C=O) groups is 2. The van der Waals surface area contributed by atoms with Crippen molar-refractivity contribution in [2.24, 2.45) is 5.92 Å². The zero-order valence-electron chi connectivity index (χ0n) is 11.5. The number of carbonyl (C=O) groups excluding carboxylic acids is 1. The molecule has 1 aromatic rings. The molecule has 20 heavy (non-hydrogen) atoms. The van der Waals surface area contributed by atoms with Crippen LogP contribution in [0.2, 0.25) is 0 Å². The van der Waals surface area contributed by atoms with Crippen molar-refractivity contribution in [2.75, 3.05) is 6.54 Å². The summed E-state index contributed by atoms with van der Waals surface area (Å²) in [4.78, 5) is 25.9. The van der Waals surface area contributed by atoms with E-state index in [4.69, 9.17) is 5.11 Å². The third kappa shape index (κ3) is 4.23. The van der Waals surface area contributed by atoms with E-state index >= 15 is 0 Å². The Labute approximate surface area is 122 Å². The van der Waals surface area contributed by atoms with Crippen molar-refractivity contribution in [1.29, 1.82) is 0 Å². The molecule has 1 heterocycles. The van der Waals surface area contributed by atoms with Gasteiger partial charge in [0.2, 0.25) is 0 Å². The Morgan fingerprint density at radius 2 is 2.30 bits per heavy atom. The van der Waals surface area contributed by atoms with Crippen LogP contribution < -0.4 is 5.32 Å². The van der Waals surface area contributed by atoms with E-state index in [-0.39, 0.29) is 18.5 Å². The molecule has 110 valence electrons. The molecule has 1 aliphatic carbocycles. The molecule has 1 fully saturated rings. The van der Waals surface area contributed by atoms with Crippen LogP contribution in [0.3, 0.4) is 0 Å². The van der Waals surface area contributed by atoms with Gasteiger partial charge in [-0.05, 0) is 37.1 Å². The first-order chi connectivity index (χ1) is 9.60. The first-order valence-electron chi connectivity index (χ1n) is 6.89. The fraction of sp³-hybridized carbons (Fsp3) is 0.571. The topological polar surface area (TPSA) is 69.6 Å². The molecule has 0 spiro atoms. The molecule has 1 aliphatic rings. The fourth-order valence-electron chi connectivity index (χ4n) is 2.19. The Balaban J connectivity index is 1.91. The summed E-state index contributed by atoms with van der Waals surface area (Å²) in [7, 11) is 0. The van der Waals surface area contributed by atoms with Crippen molar-refractivity contribution < 1.29 is 14.7 Å². The van der Waals surface area contributed by atoms with E-state index in [1.54, 1.807) is 16.2 Å². The van der Waals surface area contributed by atoms with Crippen LogP contribution in [0.25, 0.3) is 0 Å². The molecule has 0 aromatic carbocycles. The second kappa shape index (κ2) is 6.74. The van der Waals surface area contributed by atoms with E-state index in [2.05, 4.69) is 5.32 Å². The first-order valence-corrected chi connectivity index (χ1v) is 7.77. The first kappa shape index (κ1) is 14.8. The van der Waals surface area contributed by atoms with E-state index < -0.39 is 5.97 Å². The fourth-order valence-corrected chi connectivity index (χ4v) is 2.91. The predicted octanol–water partition coefficient (Wildman–Crippen LogP) is 2.53. The molecule has 2 rings (SSSR count). The number of nitrogens with one attached hydrogen (secondary N) is 1. The lowest BCUT2D eigenvalue weighted by Crippen LogP contribution is -2.46. The van der Waals surface area contributed by atoms with Crippen LogP contribution in [0.4, 0.5) is 4.79 Å². The largest absolute Gasteiger partial charge is 0.481 e. The summed E-state index contributed by atoms with van der Waals surface area (Å²) in [6.45, 7) is 3.11. The quantitative estimate of drug-likeness (QED) is 0.812. The minimum absolute atomic E-state index is 0.00691. The number of nitrogens with zero attached hydrogens (tertiary/aromatic N) is 1. The molecule has 0 saturated heterocycles. The van der Waals surface area contributed by atoms with Gasteiger partial charge >= 0.3 is 12.0 Å². The molecule has 1 saturated carbocycles. The number of carboxylic acid groups (broad SMARTS) is 1. The SMILES string of the molecule is CCN(Cc1cccs1)C(=O)NC(CC(=O)O)C1CC1. The van der Waals surface area contributed by atoms with Crippen molar-refractivity contribution in [3.8, 4) is 0 Å². The minimum atomic E-state index is -0.858. The van der Waals surface area contributed by atoms with Crippen LogP contribution in [0.5, 0.6) is 0 Å². The van der Waals surface area contributed by atoms with Gasteiger partial charge in [-0.1, -0.05) is 6.07 Å². The van der Waals surface area contributed by atoms with Crippen molar-refractivity contribution in [3.63, 3.8) is 0 Å². The highest BCUT2D eigenvalue weighted by Gasteiger charge is 2.34. The van der Waals surface area contributed by atoms with Crippen molar-refractivity contribution in [2.45, 2.75) is 38.8 Å². The van der Waals surface area contributed by atoms with Gasteiger partial charge in [0, 0.05) is 17.5 Å². The monoisotopic (exact) mass is 296 g/mol. The van der Waals surface area contributed by atoms with E-state index in [0.29, 0.717) is 19.0 Å². The van der Waals surface area contributed by atoms with Gasteiger partial charge in [0.15, 0.2) is 0 Å². The number of thiophene rings is 1. The number of aliphatic carboxylic acids is 1. The number of carboxylic acids is 1. The molecule has 1 atom stereocenters. The van der Waals surface area contributed by atoms with Gasteiger partial charge in [-0.3, -0.25) is 4.79 Å². The zero-order valence-corrected chi connectivity index (χ0v) is 12.4. The highest BCUT2D eigenvalue weighted by atomic mass is 32.1. The Kier molecular flexibility index (Phi) is 5.00. The Bertz CT molecular complexity index is 457. The number of hydrogen-bond donors (Lipinski definition) is 2. The average molecular weight is 296 g/mol. The van der Waals surface area contributed by atoms with Gasteiger partial charge < -0.3 is 15.3 Å². The number of amides is 2. The maximum absolute atomic E-state index is 12.3. The summed E-state index contributed by atoms with van der Waals surface area (Å²) in [6.07, 6.45) is 2.03. The Morgan fingerprint density at radius 3 is 2.80 bits per heavy atom. The molecule has 6 heteroatoms. The van der Waals surface area contributed by atoms with Gasteiger partial charge in [-0.15, -0.1) is 11.3 Å². The maximum Gasteiger partial charge on any atom is 0.317 e. The lowest BCUT2D eigenvalue weighted by molar-refractivity contribution is -0.137. The highest BCUT2D eigenvalue weighted by molar-refractivity contribution is 7.09. The Morgan fingerprint density at radius 1 is 1.55 bits per heavy atom. The molecular weight excluding hydrogens is 276 g/mol. The molecule has 1 unspecified atom stereocenters. The molecule has 1 aromatic heterocycles. The molecule has 2 amide bonds. The number of rotatable bonds is 7. The molecule has 0 bridgehead atoms. The predicted molar refractivity (Wildman–Crippen MR) is 77.7 cm³/mol. The van der Waals surface area contributed by atoms with Gasteiger partial charge in [0.25, 0.3) is 0 Å². The molecule has 0 radical (unpaired) electrons. The summed E-state index contributed by atoms with van der Waals surface area (Å²) in [5.74, 6) is -0.529. The van der Waals surface area contributed by atoms with Crippen molar-refractivity contribution in [3.05, 3.63) is 22.4 Å². The molecule has 2 N–H and O–H groups in total. The molecule has 5 nitrogen and oxygen atoms in total. The number of hydrogen-bond acceptors (Lipinski definition) is 3. The second-order valence-electron chi connectivity index (χ2n) is 5.08. The summed E-state index contributed by atoms with van der Waals surface area (Å²) in [6, 6.07) is 3.55. The smallest absolute Gasteiger partial charge is 0.317 e. The van der Waals surface area contributed by atoms with Crippen LogP contribution in [-0.4, -0.2) is 34.6 Å². The van der Waals surface area contributed by atoms with Crippen molar-refractivity contribution >= 4 is 23.3 Å². The highest BCUT2D eigenvalue weighted by Crippen LogP contribution is 2.34. The number of urea groups is 1. The second-order valence-corrected chi connectivity index (χ2v) is 6.12. The van der Waals surface area contributed by atoms with Crippen LogP contribution in [-0.2, 0) is 11.3 Å². The average Bonchev–Trinajstić information content (AvgIpc) is 3.12. The summed E-state index contributed by atoms with van der Waals surface area (Å²) >= 11 is 1.62.